The SMILES string of the molecule is Cc1ccccc1-c1ccccc1CCl. The molecule has 1 heteroatoms. The highest BCUT2D eigenvalue weighted by atomic mass is 35.5. The minimum absolute atomic E-state index is 0.560. The third-order valence-corrected chi connectivity index (χ3v) is 2.88. The fourth-order valence-electron chi connectivity index (χ4n) is 1.77. The molecule has 0 aromatic heterocycles. The molecule has 0 radical (unpaired) electrons. The van der Waals surface area contributed by atoms with Crippen LogP contribution in [0.1, 0.15) is 11.1 Å². The minimum atomic E-state index is 0.560. The summed E-state index contributed by atoms with van der Waals surface area (Å²) >= 11 is 5.93. The molecule has 0 aliphatic heterocycles. The molecule has 0 aliphatic carbocycles. The number of hydrogen-bond acceptors (Lipinski definition) is 0. The Balaban J connectivity index is 2.59. The maximum atomic E-state index is 5.93. The first-order valence-electron chi connectivity index (χ1n) is 5.03. The van der Waals surface area contributed by atoms with Crippen molar-refractivity contribution in [2.24, 2.45) is 0 Å². The van der Waals surface area contributed by atoms with Crippen LogP contribution in [0.3, 0.4) is 0 Å². The van der Waals surface area contributed by atoms with Gasteiger partial charge >= 0.3 is 0 Å². The Morgan fingerprint density at radius 3 is 2.13 bits per heavy atom. The van der Waals surface area contributed by atoms with E-state index >= 15 is 0 Å². The lowest BCUT2D eigenvalue weighted by Gasteiger charge is -2.09. The van der Waals surface area contributed by atoms with E-state index in [1.807, 2.05) is 6.07 Å². The molecule has 0 nitrogen and oxygen atoms in total. The zero-order chi connectivity index (χ0) is 10.7. The minimum Gasteiger partial charge on any atom is -0.122 e. The summed E-state index contributed by atoms with van der Waals surface area (Å²) in [5.74, 6) is 0.560. The van der Waals surface area contributed by atoms with Crippen LogP contribution in [-0.2, 0) is 5.88 Å². The van der Waals surface area contributed by atoms with Gasteiger partial charge in [0.2, 0.25) is 0 Å². The number of rotatable bonds is 2. The summed E-state index contributed by atoms with van der Waals surface area (Å²) in [6.45, 7) is 2.13. The van der Waals surface area contributed by atoms with Gasteiger partial charge in [-0.1, -0.05) is 48.5 Å². The lowest BCUT2D eigenvalue weighted by Crippen LogP contribution is -1.88. The van der Waals surface area contributed by atoms with E-state index < -0.39 is 0 Å². The Bertz CT molecular complexity index is 460. The van der Waals surface area contributed by atoms with Crippen molar-refractivity contribution in [2.45, 2.75) is 12.8 Å². The van der Waals surface area contributed by atoms with Gasteiger partial charge in [-0.05, 0) is 29.2 Å². The summed E-state index contributed by atoms with van der Waals surface area (Å²) in [4.78, 5) is 0. The second-order valence-corrected chi connectivity index (χ2v) is 3.87. The van der Waals surface area contributed by atoms with Gasteiger partial charge in [-0.15, -0.1) is 11.6 Å². The Morgan fingerprint density at radius 2 is 1.47 bits per heavy atom. The summed E-state index contributed by atoms with van der Waals surface area (Å²) in [7, 11) is 0. The standard InChI is InChI=1S/C14H13Cl/c1-11-6-2-4-8-13(11)14-9-5-3-7-12(14)10-15/h2-9H,10H2,1H3. The van der Waals surface area contributed by atoms with E-state index in [2.05, 4.69) is 49.4 Å². The van der Waals surface area contributed by atoms with Crippen molar-refractivity contribution in [3.05, 3.63) is 59.7 Å². The molecule has 0 N–H and O–H groups in total. The van der Waals surface area contributed by atoms with Crippen LogP contribution in [0.4, 0.5) is 0 Å². The van der Waals surface area contributed by atoms with Crippen LogP contribution in [0.15, 0.2) is 48.5 Å². The van der Waals surface area contributed by atoms with Gasteiger partial charge in [-0.2, -0.15) is 0 Å². The second-order valence-electron chi connectivity index (χ2n) is 3.61. The van der Waals surface area contributed by atoms with Crippen molar-refractivity contribution in [2.75, 3.05) is 0 Å². The van der Waals surface area contributed by atoms with Crippen molar-refractivity contribution in [3.63, 3.8) is 0 Å². The average molecular weight is 217 g/mol. The first-order valence-corrected chi connectivity index (χ1v) is 5.56. The zero-order valence-electron chi connectivity index (χ0n) is 8.70. The molecular weight excluding hydrogens is 204 g/mol. The topological polar surface area (TPSA) is 0 Å². The maximum absolute atomic E-state index is 5.93. The lowest BCUT2D eigenvalue weighted by atomic mass is 9.97. The molecule has 0 atom stereocenters. The van der Waals surface area contributed by atoms with Gasteiger partial charge < -0.3 is 0 Å². The van der Waals surface area contributed by atoms with Gasteiger partial charge in [-0.25, -0.2) is 0 Å². The Morgan fingerprint density at radius 1 is 0.867 bits per heavy atom. The number of halogens is 1. The fraction of sp³-hybridized carbons (Fsp3) is 0.143. The number of aryl methyl sites for hydroxylation is 1. The Hall–Kier alpha value is -1.27. The molecule has 2 aromatic rings. The molecule has 0 aliphatic rings. The summed E-state index contributed by atoms with van der Waals surface area (Å²) in [6.07, 6.45) is 0. The van der Waals surface area contributed by atoms with Gasteiger partial charge in [0.15, 0.2) is 0 Å². The molecule has 0 bridgehead atoms. The van der Waals surface area contributed by atoms with E-state index in [1.165, 1.54) is 22.3 Å². The van der Waals surface area contributed by atoms with Crippen molar-refractivity contribution >= 4 is 11.6 Å². The highest BCUT2D eigenvalue weighted by Crippen LogP contribution is 2.27. The van der Waals surface area contributed by atoms with Crippen molar-refractivity contribution in [1.29, 1.82) is 0 Å². The summed E-state index contributed by atoms with van der Waals surface area (Å²) in [5, 5.41) is 0. The summed E-state index contributed by atoms with van der Waals surface area (Å²) in [6, 6.07) is 16.7. The number of benzene rings is 2. The van der Waals surface area contributed by atoms with Gasteiger partial charge in [-0.3, -0.25) is 0 Å². The van der Waals surface area contributed by atoms with E-state index in [9.17, 15) is 0 Å². The number of alkyl halides is 1. The van der Waals surface area contributed by atoms with E-state index in [-0.39, 0.29) is 0 Å². The molecule has 0 unspecified atom stereocenters. The van der Waals surface area contributed by atoms with Crippen LogP contribution in [-0.4, -0.2) is 0 Å². The Labute approximate surface area is 95.5 Å². The molecular formula is C14H13Cl. The van der Waals surface area contributed by atoms with Gasteiger partial charge in [0.05, 0.1) is 0 Å². The molecule has 15 heavy (non-hydrogen) atoms. The van der Waals surface area contributed by atoms with E-state index in [4.69, 9.17) is 11.6 Å². The van der Waals surface area contributed by atoms with Crippen LogP contribution in [0.25, 0.3) is 11.1 Å². The van der Waals surface area contributed by atoms with E-state index in [0.29, 0.717) is 5.88 Å². The third-order valence-electron chi connectivity index (χ3n) is 2.60. The van der Waals surface area contributed by atoms with Crippen molar-refractivity contribution < 1.29 is 0 Å². The molecule has 0 saturated carbocycles. The van der Waals surface area contributed by atoms with Crippen LogP contribution < -0.4 is 0 Å². The van der Waals surface area contributed by atoms with Gasteiger partial charge in [0.25, 0.3) is 0 Å². The van der Waals surface area contributed by atoms with Crippen LogP contribution in [0.2, 0.25) is 0 Å². The molecule has 0 saturated heterocycles. The van der Waals surface area contributed by atoms with Crippen LogP contribution >= 0.6 is 11.6 Å². The predicted molar refractivity (Wildman–Crippen MR) is 66.2 cm³/mol. The summed E-state index contributed by atoms with van der Waals surface area (Å²) < 4.78 is 0. The predicted octanol–water partition coefficient (Wildman–Crippen LogP) is 4.40. The molecule has 76 valence electrons. The molecule has 0 amide bonds. The number of hydrogen-bond donors (Lipinski definition) is 0. The van der Waals surface area contributed by atoms with Crippen molar-refractivity contribution in [1.82, 2.24) is 0 Å². The fourth-order valence-corrected chi connectivity index (χ4v) is 2.01. The van der Waals surface area contributed by atoms with Gasteiger partial charge in [0.1, 0.15) is 0 Å². The Kier molecular flexibility index (Phi) is 3.08. The second kappa shape index (κ2) is 4.50. The normalized spacial score (nSPS) is 10.3. The molecule has 0 fully saturated rings. The zero-order valence-corrected chi connectivity index (χ0v) is 9.46. The van der Waals surface area contributed by atoms with E-state index in [0.717, 1.165) is 0 Å². The highest BCUT2D eigenvalue weighted by Gasteiger charge is 2.04. The quantitative estimate of drug-likeness (QED) is 0.653. The van der Waals surface area contributed by atoms with Crippen LogP contribution in [0, 0.1) is 6.92 Å². The largest absolute Gasteiger partial charge is 0.122 e. The van der Waals surface area contributed by atoms with Crippen molar-refractivity contribution in [3.8, 4) is 11.1 Å². The van der Waals surface area contributed by atoms with Crippen LogP contribution in [0.5, 0.6) is 0 Å². The first-order chi connectivity index (χ1) is 7.33. The monoisotopic (exact) mass is 216 g/mol. The molecule has 0 spiro atoms. The molecule has 2 rings (SSSR count). The summed E-state index contributed by atoms with van der Waals surface area (Å²) in [5.41, 5.74) is 4.99. The highest BCUT2D eigenvalue weighted by molar-refractivity contribution is 6.17. The average Bonchev–Trinajstić information content (AvgIpc) is 2.30. The maximum Gasteiger partial charge on any atom is 0.0480 e. The first kappa shape index (κ1) is 10.3. The lowest BCUT2D eigenvalue weighted by molar-refractivity contribution is 1.37. The van der Waals surface area contributed by atoms with E-state index in [1.54, 1.807) is 0 Å². The molecule has 0 heterocycles. The van der Waals surface area contributed by atoms with Gasteiger partial charge in [0, 0.05) is 5.88 Å². The smallest absolute Gasteiger partial charge is 0.0480 e. The third kappa shape index (κ3) is 2.05. The molecule has 2 aromatic carbocycles.